The molecule has 3 N–H and O–H groups in total. The first-order chi connectivity index (χ1) is 13.0. The number of hydrogen-bond acceptors (Lipinski definition) is 5. The van der Waals surface area contributed by atoms with Crippen LogP contribution in [0.1, 0.15) is 25.2 Å². The van der Waals surface area contributed by atoms with Crippen molar-refractivity contribution in [1.82, 2.24) is 20.4 Å². The maximum atomic E-state index is 11.2. The Bertz CT molecular complexity index is 822. The minimum atomic E-state index is -0.260. The zero-order valence-electron chi connectivity index (χ0n) is 15.2. The lowest BCUT2D eigenvalue weighted by atomic mass is 9.95. The summed E-state index contributed by atoms with van der Waals surface area (Å²) in [4.78, 5) is 22.0. The van der Waals surface area contributed by atoms with Gasteiger partial charge in [0.25, 0.3) is 0 Å². The van der Waals surface area contributed by atoms with Gasteiger partial charge < -0.3 is 20.5 Å². The predicted octanol–water partition coefficient (Wildman–Crippen LogP) is 2.05. The van der Waals surface area contributed by atoms with Crippen molar-refractivity contribution < 1.29 is 9.32 Å². The lowest BCUT2D eigenvalue weighted by Gasteiger charge is -2.34. The Hall–Kier alpha value is -2.61. The van der Waals surface area contributed by atoms with Crippen LogP contribution in [-0.2, 0) is 11.3 Å². The monoisotopic (exact) mass is 390 g/mol. The molecular formula is C18H23ClN6O2. The van der Waals surface area contributed by atoms with E-state index in [1.165, 1.54) is 0 Å². The number of amides is 1. The number of aromatic nitrogens is 2. The molecule has 0 aliphatic carbocycles. The number of guanidine groups is 1. The third-order valence-electron chi connectivity index (χ3n) is 4.47. The third-order valence-corrected chi connectivity index (χ3v) is 4.70. The summed E-state index contributed by atoms with van der Waals surface area (Å²) in [5.74, 6) is 1.68. The van der Waals surface area contributed by atoms with Crippen LogP contribution in [-0.4, -0.2) is 47.0 Å². The van der Waals surface area contributed by atoms with E-state index < -0.39 is 0 Å². The number of rotatable bonds is 5. The van der Waals surface area contributed by atoms with E-state index in [2.05, 4.69) is 25.3 Å². The Morgan fingerprint density at radius 3 is 3.11 bits per heavy atom. The number of benzene rings is 1. The fraction of sp³-hybridized carbons (Fsp3) is 0.444. The first-order valence-electron chi connectivity index (χ1n) is 8.87. The van der Waals surface area contributed by atoms with E-state index in [1.807, 2.05) is 12.1 Å². The van der Waals surface area contributed by atoms with E-state index in [-0.39, 0.29) is 11.8 Å². The molecule has 1 unspecified atom stereocenters. The minimum absolute atomic E-state index is 0.257. The van der Waals surface area contributed by atoms with Gasteiger partial charge in [-0.05, 0) is 30.9 Å². The second-order valence-electron chi connectivity index (χ2n) is 6.55. The van der Waals surface area contributed by atoms with Crippen LogP contribution in [0.3, 0.4) is 0 Å². The second kappa shape index (κ2) is 8.85. The fourth-order valence-corrected chi connectivity index (χ4v) is 3.46. The molecule has 1 aromatic carbocycles. The van der Waals surface area contributed by atoms with Gasteiger partial charge in [0.2, 0.25) is 17.6 Å². The largest absolute Gasteiger partial charge is 0.370 e. The average Bonchev–Trinajstić information content (AvgIpc) is 3.11. The molecule has 1 aliphatic heterocycles. The first-order valence-corrected chi connectivity index (χ1v) is 9.25. The molecule has 1 atom stereocenters. The summed E-state index contributed by atoms with van der Waals surface area (Å²) in [7, 11) is 1.73. The van der Waals surface area contributed by atoms with Crippen molar-refractivity contribution in [2.24, 2.45) is 16.6 Å². The van der Waals surface area contributed by atoms with Crippen LogP contribution in [0.4, 0.5) is 0 Å². The molecule has 0 bridgehead atoms. The molecular weight excluding hydrogens is 368 g/mol. The Labute approximate surface area is 162 Å². The summed E-state index contributed by atoms with van der Waals surface area (Å²) < 4.78 is 5.31. The summed E-state index contributed by atoms with van der Waals surface area (Å²) in [5.41, 5.74) is 6.13. The van der Waals surface area contributed by atoms with Crippen LogP contribution in [0.2, 0.25) is 5.02 Å². The van der Waals surface area contributed by atoms with Gasteiger partial charge in [-0.3, -0.25) is 9.79 Å². The Balaban J connectivity index is 1.59. The quantitative estimate of drug-likeness (QED) is 0.597. The molecule has 1 saturated heterocycles. The van der Waals surface area contributed by atoms with Crippen LogP contribution in [0, 0.1) is 5.92 Å². The molecule has 144 valence electrons. The molecule has 0 saturated carbocycles. The van der Waals surface area contributed by atoms with Gasteiger partial charge in [-0.1, -0.05) is 28.9 Å². The number of nitrogens with one attached hydrogen (secondary N) is 1. The van der Waals surface area contributed by atoms with Crippen molar-refractivity contribution in [1.29, 1.82) is 0 Å². The van der Waals surface area contributed by atoms with Crippen LogP contribution in [0.25, 0.3) is 11.4 Å². The molecule has 0 spiro atoms. The number of aliphatic imine (C=N–C) groups is 1. The van der Waals surface area contributed by atoms with E-state index in [4.69, 9.17) is 21.9 Å². The zero-order chi connectivity index (χ0) is 19.2. The van der Waals surface area contributed by atoms with Gasteiger partial charge in [0.05, 0.1) is 6.54 Å². The van der Waals surface area contributed by atoms with Crippen LogP contribution < -0.4 is 11.1 Å². The van der Waals surface area contributed by atoms with E-state index >= 15 is 0 Å². The first kappa shape index (κ1) is 19.2. The number of nitrogens with two attached hydrogens (primary N) is 1. The highest BCUT2D eigenvalue weighted by atomic mass is 35.5. The van der Waals surface area contributed by atoms with Crippen molar-refractivity contribution in [2.75, 3.05) is 20.1 Å². The van der Waals surface area contributed by atoms with Crippen LogP contribution in [0.15, 0.2) is 33.8 Å². The lowest BCUT2D eigenvalue weighted by Crippen LogP contribution is -2.46. The van der Waals surface area contributed by atoms with Gasteiger partial charge in [-0.15, -0.1) is 0 Å². The van der Waals surface area contributed by atoms with Crippen molar-refractivity contribution >= 4 is 23.5 Å². The van der Waals surface area contributed by atoms with E-state index in [0.29, 0.717) is 29.7 Å². The number of piperidine rings is 1. The Morgan fingerprint density at radius 1 is 1.52 bits per heavy atom. The van der Waals surface area contributed by atoms with Gasteiger partial charge in [0.15, 0.2) is 5.96 Å². The molecule has 9 heteroatoms. The highest BCUT2D eigenvalue weighted by Crippen LogP contribution is 2.21. The molecule has 1 aromatic heterocycles. The molecule has 2 aromatic rings. The van der Waals surface area contributed by atoms with Crippen molar-refractivity contribution in [3.8, 4) is 11.4 Å². The number of carbonyl (C=O) groups is 1. The number of halogens is 1. The topological polar surface area (TPSA) is 110 Å². The summed E-state index contributed by atoms with van der Waals surface area (Å²) in [6, 6.07) is 7.29. The molecule has 1 amide bonds. The van der Waals surface area contributed by atoms with Gasteiger partial charge in [0, 0.05) is 37.1 Å². The standard InChI is InChI=1S/C18H23ClN6O2/c1-21-18(25-7-3-4-12(11-25)8-15(20)26)22-10-16-23-17(24-27-16)13-5-2-6-14(19)9-13/h2,5-6,9,12H,3-4,7-8,10-11H2,1H3,(H2,20,26)(H,21,22). The number of carbonyl (C=O) groups excluding carboxylic acids is 1. The molecule has 1 aliphatic rings. The molecule has 3 rings (SSSR count). The fourth-order valence-electron chi connectivity index (χ4n) is 3.27. The highest BCUT2D eigenvalue weighted by Gasteiger charge is 2.23. The van der Waals surface area contributed by atoms with Crippen molar-refractivity contribution in [3.63, 3.8) is 0 Å². The number of hydrogen-bond donors (Lipinski definition) is 2. The third kappa shape index (κ3) is 5.19. The second-order valence-corrected chi connectivity index (χ2v) is 6.98. The Kier molecular flexibility index (Phi) is 6.28. The molecule has 1 fully saturated rings. The predicted molar refractivity (Wildman–Crippen MR) is 103 cm³/mol. The van der Waals surface area contributed by atoms with E-state index in [9.17, 15) is 4.79 Å². The minimum Gasteiger partial charge on any atom is -0.370 e. The SMILES string of the molecule is CN=C(NCc1nc(-c2cccc(Cl)c2)no1)N1CCCC(CC(N)=O)C1. The molecule has 2 heterocycles. The maximum Gasteiger partial charge on any atom is 0.246 e. The van der Waals surface area contributed by atoms with Gasteiger partial charge >= 0.3 is 0 Å². The summed E-state index contributed by atoms with van der Waals surface area (Å²) in [5, 5.41) is 7.86. The number of nitrogens with zero attached hydrogens (tertiary/aromatic N) is 4. The summed E-state index contributed by atoms with van der Waals surface area (Å²) >= 11 is 6.00. The van der Waals surface area contributed by atoms with Crippen molar-refractivity contribution in [2.45, 2.75) is 25.8 Å². The van der Waals surface area contributed by atoms with Gasteiger partial charge in [0.1, 0.15) is 0 Å². The molecule has 0 radical (unpaired) electrons. The molecule has 8 nitrogen and oxygen atoms in total. The molecule has 27 heavy (non-hydrogen) atoms. The number of primary amides is 1. The smallest absolute Gasteiger partial charge is 0.246 e. The van der Waals surface area contributed by atoms with Gasteiger partial charge in [-0.2, -0.15) is 4.98 Å². The number of likely N-dealkylation sites (tertiary alicyclic amines) is 1. The Morgan fingerprint density at radius 2 is 2.37 bits per heavy atom. The van der Waals surface area contributed by atoms with Gasteiger partial charge in [-0.25, -0.2) is 0 Å². The maximum absolute atomic E-state index is 11.2. The van der Waals surface area contributed by atoms with Crippen LogP contribution in [0.5, 0.6) is 0 Å². The average molecular weight is 391 g/mol. The normalized spacial score (nSPS) is 17.8. The van der Waals surface area contributed by atoms with Crippen LogP contribution >= 0.6 is 11.6 Å². The summed E-state index contributed by atoms with van der Waals surface area (Å²) in [6.07, 6.45) is 2.40. The van der Waals surface area contributed by atoms with E-state index in [0.717, 1.165) is 37.5 Å². The van der Waals surface area contributed by atoms with E-state index in [1.54, 1.807) is 19.2 Å². The van der Waals surface area contributed by atoms with Crippen molar-refractivity contribution in [3.05, 3.63) is 35.2 Å². The summed E-state index contributed by atoms with van der Waals surface area (Å²) in [6.45, 7) is 1.99. The zero-order valence-corrected chi connectivity index (χ0v) is 15.9. The lowest BCUT2D eigenvalue weighted by molar-refractivity contribution is -0.119. The highest BCUT2D eigenvalue weighted by molar-refractivity contribution is 6.30.